The fourth-order valence-electron chi connectivity index (χ4n) is 4.94. The predicted molar refractivity (Wildman–Crippen MR) is 167 cm³/mol. The van der Waals surface area contributed by atoms with Crippen LogP contribution in [0.25, 0.3) is 11.5 Å². The minimum absolute atomic E-state index is 0.0311. The van der Waals surface area contributed by atoms with E-state index in [0.29, 0.717) is 30.6 Å². The second-order valence-electron chi connectivity index (χ2n) is 12.7. The van der Waals surface area contributed by atoms with Gasteiger partial charge in [0, 0.05) is 18.0 Å². The van der Waals surface area contributed by atoms with E-state index < -0.39 is 66.2 Å². The first-order valence-electron chi connectivity index (χ1n) is 15.4. The number of hydrogen-bond donors (Lipinski definition) is 2. The first-order chi connectivity index (χ1) is 23.3. The summed E-state index contributed by atoms with van der Waals surface area (Å²) in [7, 11) is 0. The van der Waals surface area contributed by atoms with Crippen LogP contribution in [0.3, 0.4) is 0 Å². The third-order valence-electron chi connectivity index (χ3n) is 7.09. The average molecular weight is 708 g/mol. The van der Waals surface area contributed by atoms with Gasteiger partial charge in [0.1, 0.15) is 24.2 Å². The molecule has 3 aromatic rings. The van der Waals surface area contributed by atoms with Gasteiger partial charge in [-0.25, -0.2) is 19.6 Å². The van der Waals surface area contributed by atoms with Crippen molar-refractivity contribution >= 4 is 41.5 Å². The first kappa shape index (κ1) is 37.3. The van der Waals surface area contributed by atoms with Crippen molar-refractivity contribution in [3.63, 3.8) is 0 Å². The largest absolute Gasteiger partial charge is 0.516 e. The van der Waals surface area contributed by atoms with Gasteiger partial charge in [0.15, 0.2) is 11.4 Å². The number of aromatic nitrogens is 4. The van der Waals surface area contributed by atoms with Gasteiger partial charge in [0.25, 0.3) is 11.8 Å². The third kappa shape index (κ3) is 10.0. The van der Waals surface area contributed by atoms with E-state index in [1.807, 2.05) is 0 Å². The van der Waals surface area contributed by atoms with Gasteiger partial charge in [-0.15, -0.1) is 0 Å². The van der Waals surface area contributed by atoms with Gasteiger partial charge < -0.3 is 29.7 Å². The van der Waals surface area contributed by atoms with E-state index >= 15 is 0 Å². The highest BCUT2D eigenvalue weighted by molar-refractivity contribution is 6.07. The zero-order valence-corrected chi connectivity index (χ0v) is 27.8. The molecule has 1 aliphatic carbocycles. The maximum absolute atomic E-state index is 13.4. The van der Waals surface area contributed by atoms with E-state index in [4.69, 9.17) is 24.4 Å². The Morgan fingerprint density at radius 3 is 2.40 bits per heavy atom. The lowest BCUT2D eigenvalue weighted by Crippen LogP contribution is -2.42. The monoisotopic (exact) mass is 707 g/mol. The van der Waals surface area contributed by atoms with Crippen molar-refractivity contribution in [2.45, 2.75) is 84.2 Å². The quantitative estimate of drug-likeness (QED) is 0.211. The lowest BCUT2D eigenvalue weighted by molar-refractivity contribution is -0.146. The Hall–Kier alpha value is -5.49. The summed E-state index contributed by atoms with van der Waals surface area (Å²) in [5.41, 5.74) is 3.97. The van der Waals surface area contributed by atoms with Crippen molar-refractivity contribution in [2.24, 2.45) is 11.7 Å². The third-order valence-corrected chi connectivity index (χ3v) is 7.09. The molecule has 3 heterocycles. The molecular weight excluding hydrogens is 671 g/mol. The van der Waals surface area contributed by atoms with E-state index in [1.165, 1.54) is 37.7 Å². The Morgan fingerprint density at radius 1 is 1.12 bits per heavy atom. The number of carbonyl (C=O) groups excluding carboxylic acids is 5. The van der Waals surface area contributed by atoms with Crippen molar-refractivity contribution in [2.75, 3.05) is 16.8 Å². The summed E-state index contributed by atoms with van der Waals surface area (Å²) in [6.07, 6.45) is -2.47. The topological polar surface area (TPSA) is 211 Å². The Kier molecular flexibility index (Phi) is 11.2. The zero-order valence-electron chi connectivity index (χ0n) is 27.8. The molecule has 0 unspecified atom stereocenters. The summed E-state index contributed by atoms with van der Waals surface area (Å²) in [5.74, 6) is -3.59. The van der Waals surface area contributed by atoms with E-state index in [-0.39, 0.29) is 34.6 Å². The summed E-state index contributed by atoms with van der Waals surface area (Å²) in [6.45, 7) is 6.06. The molecule has 0 saturated heterocycles. The van der Waals surface area contributed by atoms with Gasteiger partial charge >= 0.3 is 24.4 Å². The molecule has 0 atom stereocenters. The van der Waals surface area contributed by atoms with E-state index in [2.05, 4.69) is 20.4 Å². The first-order valence-corrected chi connectivity index (χ1v) is 15.4. The zero-order chi connectivity index (χ0) is 37.0. The summed E-state index contributed by atoms with van der Waals surface area (Å²) < 4.78 is 61.7. The molecule has 3 amide bonds. The predicted octanol–water partition coefficient (Wildman–Crippen LogP) is 5.41. The number of nitrogens with zero attached hydrogens (tertiary/aromatic N) is 5. The number of nitrogens with one attached hydrogen (secondary N) is 1. The molecule has 0 aliphatic heterocycles. The molecule has 0 spiro atoms. The van der Waals surface area contributed by atoms with E-state index in [9.17, 15) is 37.1 Å². The number of halogens is 3. The fourth-order valence-corrected chi connectivity index (χ4v) is 4.94. The highest BCUT2D eigenvalue weighted by atomic mass is 19.4. The maximum Gasteiger partial charge on any atom is 0.516 e. The number of hydrogen-bond acceptors (Lipinski definition) is 12. The number of anilines is 2. The van der Waals surface area contributed by atoms with Crippen molar-refractivity contribution in [1.82, 2.24) is 19.7 Å². The van der Waals surface area contributed by atoms with E-state index in [0.717, 1.165) is 18.5 Å². The highest BCUT2D eigenvalue weighted by Crippen LogP contribution is 2.34. The molecule has 0 bridgehead atoms. The lowest BCUT2D eigenvalue weighted by Gasteiger charge is -2.27. The number of pyridine rings is 1. The number of oxazole rings is 1. The van der Waals surface area contributed by atoms with Crippen LogP contribution in [0.1, 0.15) is 87.3 Å². The average Bonchev–Trinajstić information content (AvgIpc) is 3.67. The van der Waals surface area contributed by atoms with Gasteiger partial charge in [0.2, 0.25) is 5.89 Å². The van der Waals surface area contributed by atoms with Crippen molar-refractivity contribution in [3.8, 4) is 11.5 Å². The normalized spacial score (nSPS) is 16.4. The number of nitrogens with two attached hydrogens (primary N) is 1. The molecule has 0 aromatic carbocycles. The Labute approximate surface area is 283 Å². The van der Waals surface area contributed by atoms with Crippen LogP contribution in [0.15, 0.2) is 35.2 Å². The molecule has 3 N–H and O–H groups in total. The molecule has 1 aliphatic rings. The number of amides is 3. The van der Waals surface area contributed by atoms with Gasteiger partial charge in [-0.05, 0) is 72.4 Å². The van der Waals surface area contributed by atoms with Crippen LogP contribution in [0.5, 0.6) is 0 Å². The summed E-state index contributed by atoms with van der Waals surface area (Å²) >= 11 is 0. The number of ether oxygens (including phenoxy) is 3. The molecule has 4 rings (SSSR count). The second-order valence-corrected chi connectivity index (χ2v) is 12.7. The van der Waals surface area contributed by atoms with Crippen LogP contribution >= 0.6 is 0 Å². The van der Waals surface area contributed by atoms with Gasteiger partial charge in [-0.2, -0.15) is 18.3 Å². The molecule has 50 heavy (non-hydrogen) atoms. The smallest absolute Gasteiger partial charge is 0.444 e. The molecule has 3 aromatic heterocycles. The number of primary amides is 1. The minimum Gasteiger partial charge on any atom is -0.444 e. The van der Waals surface area contributed by atoms with Crippen LogP contribution in [0, 0.1) is 5.92 Å². The van der Waals surface area contributed by atoms with Crippen molar-refractivity contribution < 1.29 is 55.8 Å². The summed E-state index contributed by atoms with van der Waals surface area (Å²) in [6, 6.07) is 2.19. The van der Waals surface area contributed by atoms with Crippen LogP contribution in [0.2, 0.25) is 0 Å². The van der Waals surface area contributed by atoms with Crippen LogP contribution in [0.4, 0.5) is 34.3 Å². The summed E-state index contributed by atoms with van der Waals surface area (Å²) in [4.78, 5) is 70.3. The molecule has 1 saturated carbocycles. The number of carbonyl (C=O) groups is 5. The molecule has 19 heteroatoms. The number of alkyl halides is 3. The molecule has 0 radical (unpaired) electrons. The van der Waals surface area contributed by atoms with Crippen molar-refractivity contribution in [1.29, 1.82) is 0 Å². The highest BCUT2D eigenvalue weighted by Gasteiger charge is 2.37. The Balaban J connectivity index is 1.46. The summed E-state index contributed by atoms with van der Waals surface area (Å²) in [5, 5.41) is 6.75. The van der Waals surface area contributed by atoms with Crippen LogP contribution < -0.4 is 16.0 Å². The Bertz CT molecular complexity index is 1740. The fraction of sp³-hybridized carbons (Fsp3) is 0.484. The second kappa shape index (κ2) is 15.0. The van der Waals surface area contributed by atoms with Crippen LogP contribution in [-0.2, 0) is 19.0 Å². The minimum atomic E-state index is -4.78. The van der Waals surface area contributed by atoms with Gasteiger partial charge in [-0.1, -0.05) is 0 Å². The lowest BCUT2D eigenvalue weighted by atomic mass is 9.86. The van der Waals surface area contributed by atoms with Gasteiger partial charge in [0.05, 0.1) is 23.8 Å². The van der Waals surface area contributed by atoms with Crippen LogP contribution in [-0.4, -0.2) is 74.2 Å². The number of esters is 1. The molecule has 16 nitrogen and oxygen atoms in total. The molecular formula is C31H36F3N7O9. The SMILES string of the molecule is CC(C)OC(=O)OC(=O)[C@H]1CC[C@H](n2cc(NC(=O)c3coc(-c4ccnc(N(CC(F)(F)F)C(=O)OC(C)(C)C)c4)n3)c(C(N)=O)n2)CC1. The number of rotatable bonds is 9. The molecule has 1 fully saturated rings. The Morgan fingerprint density at radius 2 is 1.80 bits per heavy atom. The van der Waals surface area contributed by atoms with Gasteiger partial charge in [-0.3, -0.25) is 24.0 Å². The van der Waals surface area contributed by atoms with Crippen molar-refractivity contribution in [3.05, 3.63) is 42.2 Å². The molecule has 270 valence electrons. The maximum atomic E-state index is 13.4. The standard InChI is InChI=1S/C31H36F3N7O9/c1-16(2)48-29(46)49-27(44)17-6-8-19(9-7-17)41-13-20(23(39-41)24(35)42)37-25(43)21-14-47-26(38-21)18-10-11-36-22(12-18)40(15-31(32,33)34)28(45)50-30(3,4)5/h10-14,16-17,19H,6-9,15H2,1-5H3,(H2,35,42)(H,37,43)/t17-,19-. The van der Waals surface area contributed by atoms with E-state index in [1.54, 1.807) is 13.8 Å².